The van der Waals surface area contributed by atoms with E-state index in [1.165, 1.54) is 31.6 Å². The lowest BCUT2D eigenvalue weighted by molar-refractivity contribution is 0.0697. The van der Waals surface area contributed by atoms with Crippen molar-refractivity contribution in [3.63, 3.8) is 0 Å². The molecule has 0 fully saturated rings. The molecular weight excluding hydrogens is 397 g/mol. The van der Waals surface area contributed by atoms with E-state index in [4.69, 9.17) is 4.74 Å². The standard InChI is InChI=1S/C24H24FN3O3/c1-28-11-9-15-12-16(23-19(25)4-3-5-22(23)31-2)6-7-17(15)21(28)14-27-20-13-26-10-8-18(20)24(29)30/h3-8,10,12-13,21,27H,9,11,14H2,1-2H3,(H,29,30)/t21-/m0/s1. The number of aromatic carboxylic acids is 1. The van der Waals surface area contributed by atoms with Crippen LogP contribution in [0.25, 0.3) is 11.1 Å². The number of carboxylic acids is 1. The number of benzene rings is 2. The summed E-state index contributed by atoms with van der Waals surface area (Å²) in [5.74, 6) is -0.808. The van der Waals surface area contributed by atoms with Crippen LogP contribution in [0, 0.1) is 5.82 Å². The number of halogens is 1. The van der Waals surface area contributed by atoms with E-state index < -0.39 is 5.97 Å². The molecule has 4 rings (SSSR count). The Kier molecular flexibility index (Phi) is 5.86. The Bertz CT molecular complexity index is 1120. The molecule has 0 unspecified atom stereocenters. The zero-order valence-corrected chi connectivity index (χ0v) is 17.4. The third-order valence-electron chi connectivity index (χ3n) is 5.79. The number of fused-ring (bicyclic) bond motifs is 1. The van der Waals surface area contributed by atoms with Gasteiger partial charge in [-0.15, -0.1) is 0 Å². The van der Waals surface area contributed by atoms with Gasteiger partial charge in [0.25, 0.3) is 0 Å². The Morgan fingerprint density at radius 1 is 1.32 bits per heavy atom. The number of nitrogens with one attached hydrogen (secondary N) is 1. The maximum absolute atomic E-state index is 14.6. The first kappa shape index (κ1) is 20.8. The Hall–Kier alpha value is -3.45. The Morgan fingerprint density at radius 3 is 2.94 bits per heavy atom. The monoisotopic (exact) mass is 421 g/mol. The van der Waals surface area contributed by atoms with Crippen LogP contribution in [0.15, 0.2) is 54.9 Å². The van der Waals surface area contributed by atoms with Crippen LogP contribution in [0.1, 0.15) is 27.5 Å². The van der Waals surface area contributed by atoms with Crippen LogP contribution >= 0.6 is 0 Å². The molecule has 1 atom stereocenters. The maximum Gasteiger partial charge on any atom is 0.337 e. The number of rotatable bonds is 6. The summed E-state index contributed by atoms with van der Waals surface area (Å²) in [4.78, 5) is 17.7. The van der Waals surface area contributed by atoms with Crippen LogP contribution in [0.3, 0.4) is 0 Å². The van der Waals surface area contributed by atoms with E-state index in [2.05, 4.69) is 15.2 Å². The van der Waals surface area contributed by atoms with Crippen molar-refractivity contribution in [1.82, 2.24) is 9.88 Å². The quantitative estimate of drug-likeness (QED) is 0.620. The van der Waals surface area contributed by atoms with Crippen molar-refractivity contribution in [1.29, 1.82) is 0 Å². The average Bonchev–Trinajstić information content (AvgIpc) is 2.78. The number of ether oxygens (including phenoxy) is 1. The number of pyridine rings is 1. The number of methoxy groups -OCH3 is 1. The molecule has 0 radical (unpaired) electrons. The molecule has 0 amide bonds. The van der Waals surface area contributed by atoms with E-state index in [1.54, 1.807) is 12.1 Å². The fourth-order valence-corrected chi connectivity index (χ4v) is 4.14. The van der Waals surface area contributed by atoms with Gasteiger partial charge in [-0.2, -0.15) is 0 Å². The van der Waals surface area contributed by atoms with Gasteiger partial charge in [0.1, 0.15) is 11.6 Å². The number of likely N-dealkylation sites (N-methyl/N-ethyl adjacent to an activating group) is 1. The lowest BCUT2D eigenvalue weighted by atomic mass is 9.89. The maximum atomic E-state index is 14.6. The van der Waals surface area contributed by atoms with E-state index in [9.17, 15) is 14.3 Å². The summed E-state index contributed by atoms with van der Waals surface area (Å²) in [6.07, 6.45) is 3.84. The Morgan fingerprint density at radius 2 is 2.16 bits per heavy atom. The number of hydrogen-bond donors (Lipinski definition) is 2. The highest BCUT2D eigenvalue weighted by atomic mass is 19.1. The molecule has 1 aliphatic heterocycles. The smallest absolute Gasteiger partial charge is 0.337 e. The minimum atomic E-state index is -0.995. The van der Waals surface area contributed by atoms with Crippen LogP contribution in [-0.4, -0.2) is 48.2 Å². The van der Waals surface area contributed by atoms with Gasteiger partial charge in [0.05, 0.1) is 36.2 Å². The first-order valence-corrected chi connectivity index (χ1v) is 10.1. The molecular formula is C24H24FN3O3. The number of anilines is 1. The van der Waals surface area contributed by atoms with E-state index in [0.29, 0.717) is 23.5 Å². The second-order valence-corrected chi connectivity index (χ2v) is 7.58. The Labute approximate surface area is 180 Å². The van der Waals surface area contributed by atoms with Gasteiger partial charge in [-0.05, 0) is 48.4 Å². The lowest BCUT2D eigenvalue weighted by Gasteiger charge is -2.35. The third kappa shape index (κ3) is 4.09. The summed E-state index contributed by atoms with van der Waals surface area (Å²) in [6.45, 7) is 1.37. The zero-order chi connectivity index (χ0) is 22.0. The molecule has 0 saturated carbocycles. The van der Waals surface area contributed by atoms with Crippen LogP contribution in [0.4, 0.5) is 10.1 Å². The van der Waals surface area contributed by atoms with Crippen molar-refractivity contribution < 1.29 is 19.0 Å². The molecule has 31 heavy (non-hydrogen) atoms. The molecule has 0 spiro atoms. The minimum absolute atomic E-state index is 0.0437. The first-order valence-electron chi connectivity index (χ1n) is 10.1. The number of nitrogens with zero attached hydrogens (tertiary/aromatic N) is 2. The highest BCUT2D eigenvalue weighted by Crippen LogP contribution is 2.37. The molecule has 6 nitrogen and oxygen atoms in total. The van der Waals surface area contributed by atoms with Gasteiger partial charge in [-0.1, -0.05) is 24.3 Å². The molecule has 1 aromatic heterocycles. The molecule has 2 heterocycles. The fraction of sp³-hybridized carbons (Fsp3) is 0.250. The van der Waals surface area contributed by atoms with Crippen molar-refractivity contribution in [2.75, 3.05) is 32.6 Å². The van der Waals surface area contributed by atoms with Crippen molar-refractivity contribution in [3.8, 4) is 16.9 Å². The molecule has 0 saturated heterocycles. The van der Waals surface area contributed by atoms with Crippen molar-refractivity contribution >= 4 is 11.7 Å². The van der Waals surface area contributed by atoms with E-state index in [1.807, 2.05) is 25.2 Å². The molecule has 7 heteroatoms. The van der Waals surface area contributed by atoms with Gasteiger partial charge >= 0.3 is 5.97 Å². The second kappa shape index (κ2) is 8.73. The topological polar surface area (TPSA) is 74.7 Å². The summed E-state index contributed by atoms with van der Waals surface area (Å²) in [7, 11) is 3.58. The van der Waals surface area contributed by atoms with Crippen LogP contribution < -0.4 is 10.1 Å². The van der Waals surface area contributed by atoms with Gasteiger partial charge < -0.3 is 15.2 Å². The second-order valence-electron chi connectivity index (χ2n) is 7.58. The minimum Gasteiger partial charge on any atom is -0.496 e. The summed E-state index contributed by atoms with van der Waals surface area (Å²) in [6, 6.07) is 12.3. The average molecular weight is 421 g/mol. The van der Waals surface area contributed by atoms with Crippen LogP contribution in [0.2, 0.25) is 0 Å². The van der Waals surface area contributed by atoms with E-state index in [0.717, 1.165) is 29.7 Å². The van der Waals surface area contributed by atoms with Crippen molar-refractivity contribution in [2.24, 2.45) is 0 Å². The predicted molar refractivity (Wildman–Crippen MR) is 117 cm³/mol. The van der Waals surface area contributed by atoms with Crippen molar-refractivity contribution in [2.45, 2.75) is 12.5 Å². The van der Waals surface area contributed by atoms with Crippen LogP contribution in [-0.2, 0) is 6.42 Å². The number of hydrogen-bond acceptors (Lipinski definition) is 5. The van der Waals surface area contributed by atoms with Gasteiger partial charge in [0.2, 0.25) is 0 Å². The highest BCUT2D eigenvalue weighted by Gasteiger charge is 2.26. The number of carbonyl (C=O) groups is 1. The summed E-state index contributed by atoms with van der Waals surface area (Å²) in [5.41, 5.74) is 4.21. The lowest BCUT2D eigenvalue weighted by Crippen LogP contribution is -2.36. The molecule has 160 valence electrons. The highest BCUT2D eigenvalue weighted by molar-refractivity contribution is 5.93. The molecule has 1 aliphatic rings. The van der Waals surface area contributed by atoms with Gasteiger partial charge in [-0.25, -0.2) is 9.18 Å². The largest absolute Gasteiger partial charge is 0.496 e. The zero-order valence-electron chi connectivity index (χ0n) is 17.4. The molecule has 0 aliphatic carbocycles. The molecule has 2 aromatic carbocycles. The summed E-state index contributed by atoms with van der Waals surface area (Å²) in [5, 5.41) is 12.6. The SMILES string of the molecule is COc1cccc(F)c1-c1ccc2c(c1)CCN(C)[C@H]2CNc1cnccc1C(=O)O. The fourth-order valence-electron chi connectivity index (χ4n) is 4.14. The first-order chi connectivity index (χ1) is 15.0. The van der Waals surface area contributed by atoms with Gasteiger partial charge in [0.15, 0.2) is 0 Å². The normalized spacial score (nSPS) is 15.9. The van der Waals surface area contributed by atoms with Gasteiger partial charge in [0, 0.05) is 19.3 Å². The predicted octanol–water partition coefficient (Wildman–Crippen LogP) is 4.24. The summed E-state index contributed by atoms with van der Waals surface area (Å²) >= 11 is 0. The van der Waals surface area contributed by atoms with Gasteiger partial charge in [-0.3, -0.25) is 9.88 Å². The van der Waals surface area contributed by atoms with E-state index >= 15 is 0 Å². The molecule has 3 aromatic rings. The van der Waals surface area contributed by atoms with Crippen molar-refractivity contribution in [3.05, 3.63) is 77.4 Å². The van der Waals surface area contributed by atoms with Crippen LogP contribution in [0.5, 0.6) is 5.75 Å². The molecule has 0 bridgehead atoms. The van der Waals surface area contributed by atoms with E-state index in [-0.39, 0.29) is 17.4 Å². The third-order valence-corrected chi connectivity index (χ3v) is 5.79. The summed E-state index contributed by atoms with van der Waals surface area (Å²) < 4.78 is 19.9. The number of aromatic nitrogens is 1. The molecule has 2 N–H and O–H groups in total. The number of carboxylic acid groups (broad SMARTS) is 1. The Balaban J connectivity index is 1.64.